The zero-order valence-corrected chi connectivity index (χ0v) is 8.93. The van der Waals surface area contributed by atoms with Crippen LogP contribution in [-0.2, 0) is 0 Å². The smallest absolute Gasteiger partial charge is 0.140 e. The number of rotatable bonds is 1. The lowest BCUT2D eigenvalue weighted by molar-refractivity contribution is 0.395. The summed E-state index contributed by atoms with van der Waals surface area (Å²) in [5.74, 6) is 0. The lowest BCUT2D eigenvalue weighted by Crippen LogP contribution is -2.16. The summed E-state index contributed by atoms with van der Waals surface area (Å²) >= 11 is 0. The van der Waals surface area contributed by atoms with Gasteiger partial charge in [-0.2, -0.15) is 0 Å². The summed E-state index contributed by atoms with van der Waals surface area (Å²) in [6.45, 7) is 2.33. The van der Waals surface area contributed by atoms with Crippen LogP contribution < -0.4 is 0 Å². The number of likely N-dealkylation sites (tertiary alicyclic amines) is 1. The lowest BCUT2D eigenvalue weighted by atomic mass is 10.2. The zero-order valence-electron chi connectivity index (χ0n) is 8.93. The molecule has 0 bridgehead atoms. The van der Waals surface area contributed by atoms with E-state index < -0.39 is 0 Å². The normalized spacial score (nSPS) is 22.6. The number of nitrogens with zero attached hydrogens (tertiary/aromatic N) is 3. The molecule has 0 saturated carbocycles. The highest BCUT2D eigenvalue weighted by molar-refractivity contribution is 5.75. The Bertz CT molecular complexity index is 474. The van der Waals surface area contributed by atoms with Gasteiger partial charge >= 0.3 is 0 Å². The Morgan fingerprint density at radius 2 is 2.33 bits per heavy atom. The molecule has 1 aliphatic heterocycles. The first kappa shape index (κ1) is 8.92. The van der Waals surface area contributed by atoms with Crippen LogP contribution >= 0.6 is 0 Å². The van der Waals surface area contributed by atoms with Crippen LogP contribution in [0.25, 0.3) is 11.0 Å². The van der Waals surface area contributed by atoms with Gasteiger partial charge in [0.05, 0.1) is 0 Å². The van der Waals surface area contributed by atoms with Gasteiger partial charge in [0, 0.05) is 30.4 Å². The number of pyridine rings is 1. The van der Waals surface area contributed by atoms with E-state index in [9.17, 15) is 0 Å². The van der Waals surface area contributed by atoms with E-state index in [0.717, 1.165) is 12.2 Å². The summed E-state index contributed by atoms with van der Waals surface area (Å²) in [5, 5.41) is 1.24. The molecule has 1 unspecified atom stereocenters. The van der Waals surface area contributed by atoms with E-state index in [1.165, 1.54) is 18.4 Å². The topological polar surface area (TPSA) is 21.1 Å². The van der Waals surface area contributed by atoms with E-state index in [-0.39, 0.29) is 0 Å². The Kier molecular flexibility index (Phi) is 1.99. The van der Waals surface area contributed by atoms with E-state index in [2.05, 4.69) is 39.8 Å². The number of hydrogen-bond donors (Lipinski definition) is 0. The molecule has 2 aromatic rings. The van der Waals surface area contributed by atoms with Crippen molar-refractivity contribution in [2.45, 2.75) is 12.5 Å². The molecule has 3 nitrogen and oxygen atoms in total. The minimum absolute atomic E-state index is 0.599. The van der Waals surface area contributed by atoms with Crippen LogP contribution in [0.3, 0.4) is 0 Å². The number of hydrogen-bond acceptors (Lipinski definition) is 2. The van der Waals surface area contributed by atoms with E-state index >= 15 is 0 Å². The van der Waals surface area contributed by atoms with E-state index in [4.69, 9.17) is 0 Å². The number of likely N-dealkylation sites (N-methyl/N-ethyl adjacent to an activating group) is 1. The molecule has 0 aromatic carbocycles. The van der Waals surface area contributed by atoms with Gasteiger partial charge in [0.1, 0.15) is 5.65 Å². The quantitative estimate of drug-likeness (QED) is 0.702. The first-order valence-corrected chi connectivity index (χ1v) is 5.45. The van der Waals surface area contributed by atoms with Crippen molar-refractivity contribution in [3.63, 3.8) is 0 Å². The summed E-state index contributed by atoms with van der Waals surface area (Å²) in [7, 11) is 2.18. The van der Waals surface area contributed by atoms with Crippen LogP contribution in [0.5, 0.6) is 0 Å². The summed E-state index contributed by atoms with van der Waals surface area (Å²) in [5.41, 5.74) is 1.12. The second-order valence-electron chi connectivity index (χ2n) is 4.34. The van der Waals surface area contributed by atoms with Gasteiger partial charge in [0.2, 0.25) is 0 Å². The van der Waals surface area contributed by atoms with Crippen LogP contribution in [0, 0.1) is 0 Å². The zero-order chi connectivity index (χ0) is 10.3. The molecule has 1 saturated heterocycles. The van der Waals surface area contributed by atoms with Gasteiger partial charge in [-0.15, -0.1) is 0 Å². The van der Waals surface area contributed by atoms with Crippen molar-refractivity contribution in [3.8, 4) is 0 Å². The van der Waals surface area contributed by atoms with Crippen molar-refractivity contribution in [2.24, 2.45) is 0 Å². The van der Waals surface area contributed by atoms with E-state index in [1.54, 1.807) is 0 Å². The standard InChI is InChI=1S/C12H15N3/c1-14-7-5-11(9-14)15-8-4-10-3-2-6-13-12(10)15/h2-4,6,8,11H,5,7,9H2,1H3. The van der Waals surface area contributed by atoms with Crippen molar-refractivity contribution >= 4 is 11.0 Å². The first-order valence-electron chi connectivity index (χ1n) is 5.45. The fraction of sp³-hybridized carbons (Fsp3) is 0.417. The SMILES string of the molecule is CN1CCC(n2ccc3cccnc32)C1. The second kappa shape index (κ2) is 3.35. The predicted octanol–water partition coefficient (Wildman–Crippen LogP) is 1.91. The van der Waals surface area contributed by atoms with Crippen molar-refractivity contribution < 1.29 is 0 Å². The molecule has 1 fully saturated rings. The number of aromatic nitrogens is 2. The Labute approximate surface area is 89.3 Å². The average Bonchev–Trinajstić information content (AvgIpc) is 2.83. The monoisotopic (exact) mass is 201 g/mol. The van der Waals surface area contributed by atoms with Crippen LogP contribution in [-0.4, -0.2) is 34.6 Å². The predicted molar refractivity (Wildman–Crippen MR) is 60.9 cm³/mol. The molecule has 3 rings (SSSR count). The van der Waals surface area contributed by atoms with Crippen LogP contribution in [0.1, 0.15) is 12.5 Å². The molecule has 0 aliphatic carbocycles. The van der Waals surface area contributed by atoms with Crippen molar-refractivity contribution in [2.75, 3.05) is 20.1 Å². The highest BCUT2D eigenvalue weighted by Crippen LogP contribution is 2.24. The molecule has 1 atom stereocenters. The average molecular weight is 201 g/mol. The summed E-state index contributed by atoms with van der Waals surface area (Å²) in [6, 6.07) is 6.87. The summed E-state index contributed by atoms with van der Waals surface area (Å²) in [4.78, 5) is 6.83. The Morgan fingerprint density at radius 1 is 1.40 bits per heavy atom. The molecule has 2 aromatic heterocycles. The first-order chi connectivity index (χ1) is 7.34. The molecular weight excluding hydrogens is 186 g/mol. The third-order valence-corrected chi connectivity index (χ3v) is 3.24. The molecule has 0 amide bonds. The molecule has 0 N–H and O–H groups in total. The molecular formula is C12H15N3. The van der Waals surface area contributed by atoms with Crippen molar-refractivity contribution in [1.29, 1.82) is 0 Å². The molecule has 0 spiro atoms. The van der Waals surface area contributed by atoms with E-state index in [0.29, 0.717) is 6.04 Å². The molecule has 0 radical (unpaired) electrons. The fourth-order valence-electron chi connectivity index (χ4n) is 2.42. The van der Waals surface area contributed by atoms with Gasteiger partial charge in [-0.1, -0.05) is 0 Å². The minimum Gasteiger partial charge on any atom is -0.328 e. The maximum atomic E-state index is 4.46. The van der Waals surface area contributed by atoms with E-state index in [1.807, 2.05) is 12.3 Å². The Hall–Kier alpha value is -1.35. The summed E-state index contributed by atoms with van der Waals surface area (Å²) < 4.78 is 2.32. The lowest BCUT2D eigenvalue weighted by Gasteiger charge is -2.13. The minimum atomic E-state index is 0.599. The second-order valence-corrected chi connectivity index (χ2v) is 4.34. The highest BCUT2D eigenvalue weighted by atomic mass is 15.2. The third-order valence-electron chi connectivity index (χ3n) is 3.24. The van der Waals surface area contributed by atoms with Crippen LogP contribution in [0.2, 0.25) is 0 Å². The largest absolute Gasteiger partial charge is 0.328 e. The molecule has 1 aliphatic rings. The highest BCUT2D eigenvalue weighted by Gasteiger charge is 2.21. The Morgan fingerprint density at radius 3 is 3.13 bits per heavy atom. The van der Waals surface area contributed by atoms with Gasteiger partial charge in [0.15, 0.2) is 0 Å². The van der Waals surface area contributed by atoms with Crippen LogP contribution in [0.4, 0.5) is 0 Å². The van der Waals surface area contributed by atoms with Gasteiger partial charge in [-0.05, 0) is 38.2 Å². The van der Waals surface area contributed by atoms with Crippen LogP contribution in [0.15, 0.2) is 30.6 Å². The molecule has 3 heterocycles. The third kappa shape index (κ3) is 1.43. The Balaban J connectivity index is 2.04. The maximum absolute atomic E-state index is 4.46. The summed E-state index contributed by atoms with van der Waals surface area (Å²) in [6.07, 6.45) is 5.27. The van der Waals surface area contributed by atoms with Gasteiger partial charge in [0.25, 0.3) is 0 Å². The molecule has 15 heavy (non-hydrogen) atoms. The van der Waals surface area contributed by atoms with Gasteiger partial charge in [-0.3, -0.25) is 0 Å². The molecule has 3 heteroatoms. The van der Waals surface area contributed by atoms with Gasteiger partial charge in [-0.25, -0.2) is 4.98 Å². The van der Waals surface area contributed by atoms with Gasteiger partial charge < -0.3 is 9.47 Å². The molecule has 78 valence electrons. The fourth-order valence-corrected chi connectivity index (χ4v) is 2.42. The maximum Gasteiger partial charge on any atom is 0.140 e. The van der Waals surface area contributed by atoms with Crippen molar-refractivity contribution in [1.82, 2.24) is 14.5 Å². The van der Waals surface area contributed by atoms with Crippen molar-refractivity contribution in [3.05, 3.63) is 30.6 Å². The number of fused-ring (bicyclic) bond motifs is 1.